The molecule has 0 bridgehead atoms. The van der Waals surface area contributed by atoms with Gasteiger partial charge in [0.2, 0.25) is 12.3 Å². The largest absolute Gasteiger partial charge is 0.465 e. The number of carbonyl (C=O) groups is 3. The molecule has 8 heteroatoms. The lowest BCUT2D eigenvalue weighted by Gasteiger charge is -2.26. The highest BCUT2D eigenvalue weighted by Crippen LogP contribution is 2.28. The van der Waals surface area contributed by atoms with E-state index in [4.69, 9.17) is 0 Å². The lowest BCUT2D eigenvalue weighted by molar-refractivity contribution is -0.120. The van der Waals surface area contributed by atoms with E-state index in [1.807, 2.05) is 0 Å². The van der Waals surface area contributed by atoms with E-state index < -0.39 is 23.9 Å². The zero-order valence-corrected chi connectivity index (χ0v) is 12.8. The first-order valence-corrected chi connectivity index (χ1v) is 7.20. The maximum absolute atomic E-state index is 14.4. The molecule has 1 atom stereocenters. The van der Waals surface area contributed by atoms with Gasteiger partial charge in [-0.15, -0.1) is 0 Å². The monoisotopic (exact) mass is 323 g/mol. The second kappa shape index (κ2) is 6.64. The highest BCUT2D eigenvalue weighted by atomic mass is 19.1. The van der Waals surface area contributed by atoms with Crippen molar-refractivity contribution in [2.45, 2.75) is 32.4 Å². The van der Waals surface area contributed by atoms with Crippen LogP contribution in [0, 0.1) is 5.82 Å². The van der Waals surface area contributed by atoms with Crippen molar-refractivity contribution >= 4 is 29.8 Å². The van der Waals surface area contributed by atoms with Crippen LogP contribution in [0.25, 0.3) is 0 Å². The van der Waals surface area contributed by atoms with Crippen LogP contribution in [0.1, 0.15) is 20.3 Å². The third-order valence-corrected chi connectivity index (χ3v) is 3.70. The highest BCUT2D eigenvalue weighted by molar-refractivity contribution is 5.98. The number of rotatable bonds is 5. The molecule has 1 aromatic rings. The van der Waals surface area contributed by atoms with E-state index in [1.54, 1.807) is 13.8 Å². The molecule has 0 aromatic heterocycles. The van der Waals surface area contributed by atoms with E-state index in [-0.39, 0.29) is 18.2 Å². The summed E-state index contributed by atoms with van der Waals surface area (Å²) >= 11 is 0. The SMILES string of the molecule is CC(C)N(C=O)c1ccc(N(C(=O)O)[C@H]2CCNC2=O)c(F)c1. The number of anilines is 2. The van der Waals surface area contributed by atoms with Gasteiger partial charge in [0.15, 0.2) is 0 Å². The van der Waals surface area contributed by atoms with Crippen LogP contribution in [-0.4, -0.2) is 42.1 Å². The summed E-state index contributed by atoms with van der Waals surface area (Å²) in [6.45, 7) is 3.89. The first kappa shape index (κ1) is 16.7. The number of carboxylic acid groups (broad SMARTS) is 1. The van der Waals surface area contributed by atoms with Gasteiger partial charge in [0.05, 0.1) is 5.69 Å². The van der Waals surface area contributed by atoms with E-state index in [2.05, 4.69) is 5.32 Å². The quantitative estimate of drug-likeness (QED) is 0.805. The van der Waals surface area contributed by atoms with Crippen LogP contribution in [0.15, 0.2) is 18.2 Å². The van der Waals surface area contributed by atoms with Crippen LogP contribution in [0.5, 0.6) is 0 Å². The summed E-state index contributed by atoms with van der Waals surface area (Å²) < 4.78 is 14.4. The fourth-order valence-electron chi connectivity index (χ4n) is 2.56. The number of benzene rings is 1. The number of halogens is 1. The molecular formula is C15H18FN3O4. The Kier molecular flexibility index (Phi) is 4.83. The molecule has 124 valence electrons. The lowest BCUT2D eigenvalue weighted by atomic mass is 10.1. The Morgan fingerprint density at radius 1 is 1.48 bits per heavy atom. The van der Waals surface area contributed by atoms with Crippen LogP contribution in [-0.2, 0) is 9.59 Å². The molecule has 0 saturated carbocycles. The molecule has 1 heterocycles. The Hall–Kier alpha value is -2.64. The summed E-state index contributed by atoms with van der Waals surface area (Å²) in [5.74, 6) is -1.26. The van der Waals surface area contributed by atoms with Gasteiger partial charge in [-0.2, -0.15) is 0 Å². The maximum atomic E-state index is 14.4. The Morgan fingerprint density at radius 3 is 2.61 bits per heavy atom. The average Bonchev–Trinajstić information content (AvgIpc) is 2.87. The summed E-state index contributed by atoms with van der Waals surface area (Å²) in [4.78, 5) is 36.3. The van der Waals surface area contributed by atoms with Gasteiger partial charge in [-0.1, -0.05) is 0 Å². The van der Waals surface area contributed by atoms with Gasteiger partial charge in [0, 0.05) is 18.3 Å². The number of nitrogens with one attached hydrogen (secondary N) is 1. The van der Waals surface area contributed by atoms with Crippen LogP contribution < -0.4 is 15.1 Å². The van der Waals surface area contributed by atoms with Crippen molar-refractivity contribution in [2.75, 3.05) is 16.3 Å². The van der Waals surface area contributed by atoms with Crippen LogP contribution in [0.4, 0.5) is 20.6 Å². The van der Waals surface area contributed by atoms with Gasteiger partial charge in [-0.05, 0) is 38.5 Å². The maximum Gasteiger partial charge on any atom is 0.412 e. The highest BCUT2D eigenvalue weighted by Gasteiger charge is 2.36. The Bertz CT molecular complexity index is 635. The molecule has 3 amide bonds. The number of carbonyl (C=O) groups excluding carboxylic acids is 2. The van der Waals surface area contributed by atoms with E-state index >= 15 is 0 Å². The summed E-state index contributed by atoms with van der Waals surface area (Å²) in [6.07, 6.45) is -0.549. The standard InChI is InChI=1S/C15H18FN3O4/c1-9(2)18(8-20)10-3-4-12(11(16)7-10)19(15(22)23)13-5-6-17-14(13)21/h3-4,7-9,13H,5-6H2,1-2H3,(H,17,21)(H,22,23)/t13-/m0/s1. The van der Waals surface area contributed by atoms with Crippen molar-refractivity contribution in [3.8, 4) is 0 Å². The van der Waals surface area contributed by atoms with Gasteiger partial charge in [0.1, 0.15) is 11.9 Å². The minimum absolute atomic E-state index is 0.172. The summed E-state index contributed by atoms with van der Waals surface area (Å²) in [6, 6.07) is 2.68. The van der Waals surface area contributed by atoms with Crippen molar-refractivity contribution < 1.29 is 23.9 Å². The Balaban J connectivity index is 2.40. The topological polar surface area (TPSA) is 90.0 Å². The fraction of sp³-hybridized carbons (Fsp3) is 0.400. The van der Waals surface area contributed by atoms with Gasteiger partial charge in [-0.25, -0.2) is 9.18 Å². The second-order valence-corrected chi connectivity index (χ2v) is 5.49. The number of nitrogens with zero attached hydrogens (tertiary/aromatic N) is 2. The third kappa shape index (κ3) is 3.25. The van der Waals surface area contributed by atoms with Crippen molar-refractivity contribution in [1.29, 1.82) is 0 Å². The Morgan fingerprint density at radius 2 is 2.17 bits per heavy atom. The van der Waals surface area contributed by atoms with Gasteiger partial charge in [0.25, 0.3) is 0 Å². The number of amides is 3. The predicted octanol–water partition coefficient (Wildman–Crippen LogP) is 1.57. The van der Waals surface area contributed by atoms with Crippen LogP contribution in [0.3, 0.4) is 0 Å². The van der Waals surface area contributed by atoms with E-state index in [9.17, 15) is 23.9 Å². The van der Waals surface area contributed by atoms with Crippen molar-refractivity contribution in [3.63, 3.8) is 0 Å². The summed E-state index contributed by atoms with van der Waals surface area (Å²) in [5.41, 5.74) is 0.107. The normalized spacial score (nSPS) is 17.0. The molecule has 0 aliphatic carbocycles. The molecular weight excluding hydrogens is 305 g/mol. The molecule has 1 fully saturated rings. The van der Waals surface area contributed by atoms with Gasteiger partial charge < -0.3 is 15.3 Å². The fourth-order valence-corrected chi connectivity index (χ4v) is 2.56. The predicted molar refractivity (Wildman–Crippen MR) is 82.0 cm³/mol. The number of hydrogen-bond donors (Lipinski definition) is 2. The van der Waals surface area contributed by atoms with E-state index in [0.717, 1.165) is 11.0 Å². The molecule has 1 aliphatic rings. The lowest BCUT2D eigenvalue weighted by Crippen LogP contribution is -2.44. The van der Waals surface area contributed by atoms with E-state index in [1.165, 1.54) is 17.0 Å². The van der Waals surface area contributed by atoms with Crippen LogP contribution in [0.2, 0.25) is 0 Å². The molecule has 0 spiro atoms. The average molecular weight is 323 g/mol. The second-order valence-electron chi connectivity index (χ2n) is 5.49. The molecule has 1 aromatic carbocycles. The van der Waals surface area contributed by atoms with Crippen molar-refractivity contribution in [3.05, 3.63) is 24.0 Å². The molecule has 1 saturated heterocycles. The first-order chi connectivity index (χ1) is 10.9. The van der Waals surface area contributed by atoms with Gasteiger partial charge >= 0.3 is 6.09 Å². The Labute approximate surface area is 132 Å². The molecule has 23 heavy (non-hydrogen) atoms. The van der Waals surface area contributed by atoms with Crippen molar-refractivity contribution in [1.82, 2.24) is 5.32 Å². The zero-order valence-electron chi connectivity index (χ0n) is 12.8. The molecule has 0 radical (unpaired) electrons. The smallest absolute Gasteiger partial charge is 0.412 e. The van der Waals surface area contributed by atoms with Gasteiger partial charge in [-0.3, -0.25) is 14.5 Å². The molecule has 0 unspecified atom stereocenters. The van der Waals surface area contributed by atoms with Crippen molar-refractivity contribution in [2.24, 2.45) is 0 Å². The minimum Gasteiger partial charge on any atom is -0.465 e. The van der Waals surface area contributed by atoms with Crippen LogP contribution >= 0.6 is 0 Å². The zero-order chi connectivity index (χ0) is 17.1. The molecule has 1 aliphatic heterocycles. The molecule has 7 nitrogen and oxygen atoms in total. The first-order valence-electron chi connectivity index (χ1n) is 7.20. The molecule has 2 rings (SSSR count). The number of hydrogen-bond acceptors (Lipinski definition) is 3. The summed E-state index contributed by atoms with van der Waals surface area (Å²) in [7, 11) is 0. The summed E-state index contributed by atoms with van der Waals surface area (Å²) in [5, 5.41) is 11.9. The van der Waals surface area contributed by atoms with E-state index in [0.29, 0.717) is 18.6 Å². The third-order valence-electron chi connectivity index (χ3n) is 3.70. The molecule has 2 N–H and O–H groups in total. The minimum atomic E-state index is -1.41.